The maximum Gasteiger partial charge on any atom is 0.265 e. The van der Waals surface area contributed by atoms with Gasteiger partial charge in [0.05, 0.1) is 0 Å². The van der Waals surface area contributed by atoms with Crippen molar-refractivity contribution in [1.82, 2.24) is 9.97 Å². The van der Waals surface area contributed by atoms with E-state index in [1.54, 1.807) is 18.5 Å². The van der Waals surface area contributed by atoms with E-state index in [4.69, 9.17) is 5.73 Å². The summed E-state index contributed by atoms with van der Waals surface area (Å²) in [5, 5.41) is 1.01. The maximum atomic E-state index is 10.8. The lowest BCUT2D eigenvalue weighted by Gasteiger charge is -1.85. The fourth-order valence-electron chi connectivity index (χ4n) is 1.52. The molecule has 0 saturated heterocycles. The van der Waals surface area contributed by atoms with E-state index in [0.717, 1.165) is 10.9 Å². The number of benzene rings is 1. The minimum absolute atomic E-state index is 0.425. The van der Waals surface area contributed by atoms with Gasteiger partial charge in [0.2, 0.25) is 0 Å². The summed E-state index contributed by atoms with van der Waals surface area (Å²) in [6, 6.07) is 15.1. The molecular formula is C14H13N3O. The number of carbonyl (C=O) groups excluding carboxylic acids is 1. The van der Waals surface area contributed by atoms with Crippen LogP contribution < -0.4 is 5.73 Å². The predicted molar refractivity (Wildman–Crippen MR) is 71.1 cm³/mol. The van der Waals surface area contributed by atoms with Crippen molar-refractivity contribution in [2.45, 2.75) is 0 Å². The highest BCUT2D eigenvalue weighted by molar-refractivity contribution is 5.96. The summed E-state index contributed by atoms with van der Waals surface area (Å²) in [6.07, 6.45) is 3.50. The number of hydrogen-bond acceptors (Lipinski definition) is 2. The molecule has 2 aromatic heterocycles. The molecule has 4 nitrogen and oxygen atoms in total. The van der Waals surface area contributed by atoms with Gasteiger partial charge >= 0.3 is 0 Å². The van der Waals surface area contributed by atoms with E-state index >= 15 is 0 Å². The summed E-state index contributed by atoms with van der Waals surface area (Å²) in [7, 11) is 0. The van der Waals surface area contributed by atoms with Crippen LogP contribution in [0.5, 0.6) is 0 Å². The van der Waals surface area contributed by atoms with Gasteiger partial charge in [0.25, 0.3) is 5.91 Å². The van der Waals surface area contributed by atoms with Crippen molar-refractivity contribution in [1.29, 1.82) is 0 Å². The number of nitrogens with zero attached hydrogens (tertiary/aromatic N) is 1. The number of primary amides is 1. The lowest BCUT2D eigenvalue weighted by atomic mass is 10.2. The van der Waals surface area contributed by atoms with Crippen LogP contribution >= 0.6 is 0 Å². The number of aromatic nitrogens is 2. The summed E-state index contributed by atoms with van der Waals surface area (Å²) in [6.45, 7) is 0. The summed E-state index contributed by atoms with van der Waals surface area (Å²) in [4.78, 5) is 17.5. The first-order valence-electron chi connectivity index (χ1n) is 5.50. The van der Waals surface area contributed by atoms with Crippen molar-refractivity contribution in [3.05, 3.63) is 66.6 Å². The van der Waals surface area contributed by atoms with Gasteiger partial charge in [-0.1, -0.05) is 24.3 Å². The topological polar surface area (TPSA) is 71.8 Å². The molecule has 0 atom stereocenters. The van der Waals surface area contributed by atoms with Gasteiger partial charge in [0, 0.05) is 23.3 Å². The van der Waals surface area contributed by atoms with E-state index < -0.39 is 5.91 Å². The number of para-hydroxylation sites is 1. The van der Waals surface area contributed by atoms with Crippen molar-refractivity contribution < 1.29 is 4.79 Å². The van der Waals surface area contributed by atoms with Crippen molar-refractivity contribution in [2.75, 3.05) is 0 Å². The molecule has 3 rings (SSSR count). The van der Waals surface area contributed by atoms with Gasteiger partial charge in [0.15, 0.2) is 0 Å². The quantitative estimate of drug-likeness (QED) is 0.684. The van der Waals surface area contributed by atoms with Crippen LogP contribution in [-0.4, -0.2) is 15.9 Å². The Morgan fingerprint density at radius 1 is 1.06 bits per heavy atom. The molecule has 0 aliphatic rings. The summed E-state index contributed by atoms with van der Waals surface area (Å²) < 4.78 is 0. The molecule has 1 aromatic carbocycles. The van der Waals surface area contributed by atoms with E-state index in [1.807, 2.05) is 42.5 Å². The number of nitrogens with one attached hydrogen (secondary N) is 1. The highest BCUT2D eigenvalue weighted by Crippen LogP contribution is 2.13. The van der Waals surface area contributed by atoms with E-state index in [9.17, 15) is 4.79 Å². The van der Waals surface area contributed by atoms with E-state index in [0.29, 0.717) is 5.69 Å². The standard InChI is InChI=1S/C9H8N2O.C5H5N/c10-9(12)8-5-6-3-1-2-4-7(6)11-8;1-2-4-6-5-3-1/h1-5,11H,(H2,10,12);1-5H. The van der Waals surface area contributed by atoms with Gasteiger partial charge < -0.3 is 10.7 Å². The van der Waals surface area contributed by atoms with E-state index in [-0.39, 0.29) is 0 Å². The fraction of sp³-hybridized carbons (Fsp3) is 0. The van der Waals surface area contributed by atoms with Crippen LogP contribution in [0.2, 0.25) is 0 Å². The molecule has 0 saturated carbocycles. The highest BCUT2D eigenvalue weighted by Gasteiger charge is 2.03. The van der Waals surface area contributed by atoms with Crippen LogP contribution in [0, 0.1) is 0 Å². The van der Waals surface area contributed by atoms with E-state index in [1.165, 1.54) is 0 Å². The van der Waals surface area contributed by atoms with E-state index in [2.05, 4.69) is 9.97 Å². The molecule has 90 valence electrons. The normalized spacial score (nSPS) is 9.56. The summed E-state index contributed by atoms with van der Waals surface area (Å²) in [5.74, 6) is -0.425. The number of pyridine rings is 1. The van der Waals surface area contributed by atoms with Crippen LogP contribution in [-0.2, 0) is 0 Å². The SMILES string of the molecule is NC(=O)c1cc2ccccc2[nH]1.c1ccncc1. The molecule has 1 amide bonds. The Kier molecular flexibility index (Phi) is 3.71. The number of rotatable bonds is 1. The first-order chi connectivity index (χ1) is 8.77. The smallest absolute Gasteiger partial charge is 0.265 e. The Labute approximate surface area is 104 Å². The Bertz CT molecular complexity index is 572. The van der Waals surface area contributed by atoms with Crippen molar-refractivity contribution in [3.63, 3.8) is 0 Å². The van der Waals surface area contributed by atoms with Gasteiger partial charge in [-0.05, 0) is 24.3 Å². The Hall–Kier alpha value is -2.62. The third-order valence-corrected chi connectivity index (χ3v) is 2.36. The summed E-state index contributed by atoms with van der Waals surface area (Å²) >= 11 is 0. The number of nitrogens with two attached hydrogens (primary N) is 1. The van der Waals surface area contributed by atoms with Crippen molar-refractivity contribution in [2.24, 2.45) is 5.73 Å². The van der Waals surface area contributed by atoms with Gasteiger partial charge in [0.1, 0.15) is 5.69 Å². The molecule has 0 fully saturated rings. The zero-order valence-electron chi connectivity index (χ0n) is 9.71. The molecule has 3 aromatic rings. The Balaban J connectivity index is 0.000000169. The third kappa shape index (κ3) is 2.95. The average Bonchev–Trinajstić information content (AvgIpc) is 2.85. The van der Waals surface area contributed by atoms with Crippen molar-refractivity contribution >= 4 is 16.8 Å². The molecule has 3 N–H and O–H groups in total. The van der Waals surface area contributed by atoms with Crippen LogP contribution in [0.4, 0.5) is 0 Å². The number of amides is 1. The molecular weight excluding hydrogens is 226 g/mol. The molecule has 0 bridgehead atoms. The minimum atomic E-state index is -0.425. The molecule has 18 heavy (non-hydrogen) atoms. The lowest BCUT2D eigenvalue weighted by molar-refractivity contribution is 0.0996. The van der Waals surface area contributed by atoms with Crippen LogP contribution in [0.1, 0.15) is 10.5 Å². The predicted octanol–water partition coefficient (Wildman–Crippen LogP) is 2.35. The van der Waals surface area contributed by atoms with Crippen LogP contribution in [0.25, 0.3) is 10.9 Å². The first-order valence-corrected chi connectivity index (χ1v) is 5.50. The first kappa shape index (κ1) is 11.9. The molecule has 0 radical (unpaired) electrons. The second kappa shape index (κ2) is 5.63. The third-order valence-electron chi connectivity index (χ3n) is 2.36. The molecule has 0 unspecified atom stereocenters. The molecule has 0 aliphatic carbocycles. The van der Waals surface area contributed by atoms with Crippen LogP contribution in [0.15, 0.2) is 60.9 Å². The fourth-order valence-corrected chi connectivity index (χ4v) is 1.52. The average molecular weight is 239 g/mol. The largest absolute Gasteiger partial charge is 0.364 e. The van der Waals surface area contributed by atoms with Gasteiger partial charge in [-0.15, -0.1) is 0 Å². The number of fused-ring (bicyclic) bond motifs is 1. The second-order valence-corrected chi connectivity index (χ2v) is 3.66. The molecule has 0 spiro atoms. The van der Waals surface area contributed by atoms with Crippen LogP contribution in [0.3, 0.4) is 0 Å². The van der Waals surface area contributed by atoms with Crippen molar-refractivity contribution in [3.8, 4) is 0 Å². The second-order valence-electron chi connectivity index (χ2n) is 3.66. The Morgan fingerprint density at radius 3 is 2.28 bits per heavy atom. The number of H-pyrrole nitrogens is 1. The molecule has 4 heteroatoms. The molecule has 0 aliphatic heterocycles. The molecule has 2 heterocycles. The maximum absolute atomic E-state index is 10.8. The number of hydrogen-bond donors (Lipinski definition) is 2. The summed E-state index contributed by atoms with van der Waals surface area (Å²) in [5.41, 5.74) is 6.50. The lowest BCUT2D eigenvalue weighted by Crippen LogP contribution is -2.10. The minimum Gasteiger partial charge on any atom is -0.364 e. The van der Waals surface area contributed by atoms with Gasteiger partial charge in [-0.25, -0.2) is 0 Å². The number of aromatic amines is 1. The zero-order chi connectivity index (χ0) is 12.8. The highest BCUT2D eigenvalue weighted by atomic mass is 16.1. The monoisotopic (exact) mass is 239 g/mol. The van der Waals surface area contributed by atoms with Gasteiger partial charge in [-0.3, -0.25) is 9.78 Å². The number of carbonyl (C=O) groups is 1. The zero-order valence-corrected chi connectivity index (χ0v) is 9.71. The Morgan fingerprint density at radius 2 is 1.78 bits per heavy atom. The van der Waals surface area contributed by atoms with Gasteiger partial charge in [-0.2, -0.15) is 0 Å².